The van der Waals surface area contributed by atoms with Crippen molar-refractivity contribution in [3.63, 3.8) is 0 Å². The quantitative estimate of drug-likeness (QED) is 0.335. The molecule has 9 nitrogen and oxygen atoms in total. The van der Waals surface area contributed by atoms with Crippen LogP contribution in [0.15, 0.2) is 23.1 Å². The molecular formula is C30H48FN3O6S. The molecule has 0 N–H and O–H groups in total. The number of hydrogen-bond donors (Lipinski definition) is 0. The van der Waals surface area contributed by atoms with Crippen molar-refractivity contribution in [2.75, 3.05) is 33.1 Å². The van der Waals surface area contributed by atoms with E-state index in [1.54, 1.807) is 42.2 Å². The van der Waals surface area contributed by atoms with Crippen LogP contribution in [0.5, 0.6) is 0 Å². The number of aromatic nitrogens is 1. The molecule has 11 heteroatoms. The highest BCUT2D eigenvalue weighted by Gasteiger charge is 2.38. The van der Waals surface area contributed by atoms with Crippen LogP contribution in [0, 0.1) is 5.82 Å². The van der Waals surface area contributed by atoms with Crippen LogP contribution < -0.4 is 0 Å². The van der Waals surface area contributed by atoms with Gasteiger partial charge < -0.3 is 23.8 Å². The second-order valence-corrected chi connectivity index (χ2v) is 13.4. The smallest absolute Gasteiger partial charge is 0.410 e. The number of sulfone groups is 1. The number of nitrogens with zero attached hydrogens (tertiary/aromatic N) is 3. The van der Waals surface area contributed by atoms with E-state index >= 15 is 0 Å². The van der Waals surface area contributed by atoms with Crippen LogP contribution >= 0.6 is 0 Å². The lowest BCUT2D eigenvalue weighted by molar-refractivity contribution is 0.00726. The third-order valence-corrected chi connectivity index (χ3v) is 7.92. The molecule has 0 spiro atoms. The van der Waals surface area contributed by atoms with E-state index in [4.69, 9.17) is 9.47 Å². The summed E-state index contributed by atoms with van der Waals surface area (Å²) in [4.78, 5) is 30.3. The van der Waals surface area contributed by atoms with Crippen molar-refractivity contribution >= 4 is 32.7 Å². The van der Waals surface area contributed by atoms with Gasteiger partial charge in [0.25, 0.3) is 5.91 Å². The lowest BCUT2D eigenvalue weighted by atomic mass is 10.0. The fourth-order valence-corrected chi connectivity index (χ4v) is 6.36. The number of aryl methyl sites for hydroxylation is 1. The van der Waals surface area contributed by atoms with Gasteiger partial charge in [0.1, 0.15) is 22.0 Å². The molecule has 3 rings (SSSR count). The normalized spacial score (nSPS) is 16.0. The van der Waals surface area contributed by atoms with Gasteiger partial charge in [-0.3, -0.25) is 4.79 Å². The summed E-state index contributed by atoms with van der Waals surface area (Å²) in [6.45, 7) is 14.8. The maximum Gasteiger partial charge on any atom is 0.410 e. The molecule has 1 saturated heterocycles. The number of carbonyl (C=O) groups is 2. The fraction of sp³-hybridized carbons (Fsp3) is 0.667. The van der Waals surface area contributed by atoms with E-state index in [-0.39, 0.29) is 34.6 Å². The van der Waals surface area contributed by atoms with Crippen molar-refractivity contribution in [2.24, 2.45) is 0 Å². The number of halogens is 1. The van der Waals surface area contributed by atoms with Crippen molar-refractivity contribution in [1.29, 1.82) is 0 Å². The van der Waals surface area contributed by atoms with E-state index in [0.29, 0.717) is 50.9 Å². The lowest BCUT2D eigenvalue weighted by Crippen LogP contribution is -2.54. The number of hydrogen-bond acceptors (Lipinski definition) is 6. The molecule has 0 aliphatic carbocycles. The van der Waals surface area contributed by atoms with Crippen LogP contribution in [0.1, 0.15) is 84.6 Å². The van der Waals surface area contributed by atoms with E-state index in [1.165, 1.54) is 18.2 Å². The Labute approximate surface area is 244 Å². The average molecular weight is 598 g/mol. The Hall–Kier alpha value is -2.66. The third kappa shape index (κ3) is 8.67. The van der Waals surface area contributed by atoms with Gasteiger partial charge >= 0.3 is 6.09 Å². The minimum atomic E-state index is -3.91. The van der Waals surface area contributed by atoms with Crippen molar-refractivity contribution in [3.8, 4) is 0 Å². The molecule has 1 aliphatic rings. The molecule has 41 heavy (non-hydrogen) atoms. The summed E-state index contributed by atoms with van der Waals surface area (Å²) in [7, 11) is -2.31. The SMILES string of the molecule is CC.COCCCCn1c(C(=O)N(C(C)C)C2CCCN(C(=O)OC(C)(C)C)C2)c(S(C)(=O)=O)c2cc(F)ccc21. The zero-order valence-corrected chi connectivity index (χ0v) is 26.9. The summed E-state index contributed by atoms with van der Waals surface area (Å²) < 4.78 is 53.0. The van der Waals surface area contributed by atoms with Crippen LogP contribution in [-0.4, -0.2) is 85.5 Å². The Morgan fingerprint density at radius 2 is 1.83 bits per heavy atom. The second kappa shape index (κ2) is 14.5. The number of amides is 2. The minimum Gasteiger partial charge on any atom is -0.444 e. The van der Waals surface area contributed by atoms with Gasteiger partial charge in [-0.05, 0) is 78.5 Å². The highest BCUT2D eigenvalue weighted by molar-refractivity contribution is 7.91. The standard InChI is InChI=1S/C28H42FN3O6S.C2H6/c1-19(2)32(21-11-10-14-30(18-21)27(34)38-28(3,4)5)26(33)24-25(39(7,35)36)22-17-20(29)12-13-23(22)31(24)15-8-9-16-37-6;1-2/h12-13,17,19,21H,8-11,14-16,18H2,1-7H3;1-2H3. The van der Waals surface area contributed by atoms with Crippen LogP contribution in [-0.2, 0) is 25.9 Å². The Morgan fingerprint density at radius 3 is 2.39 bits per heavy atom. The molecule has 1 unspecified atom stereocenters. The Balaban J connectivity index is 0.00000287. The number of ether oxygens (including phenoxy) is 2. The zero-order valence-electron chi connectivity index (χ0n) is 26.1. The number of fused-ring (bicyclic) bond motifs is 1. The number of benzene rings is 1. The van der Waals surface area contributed by atoms with E-state index < -0.39 is 33.3 Å². The molecule has 1 aromatic heterocycles. The van der Waals surface area contributed by atoms with Gasteiger partial charge in [-0.1, -0.05) is 13.8 Å². The van der Waals surface area contributed by atoms with Gasteiger partial charge in [0, 0.05) is 51.0 Å². The summed E-state index contributed by atoms with van der Waals surface area (Å²) in [5.41, 5.74) is -0.139. The van der Waals surface area contributed by atoms with E-state index in [2.05, 4.69) is 0 Å². The zero-order chi connectivity index (χ0) is 31.1. The molecule has 2 aromatic rings. The van der Waals surface area contributed by atoms with Gasteiger partial charge in [-0.25, -0.2) is 17.6 Å². The molecule has 1 fully saturated rings. The first kappa shape index (κ1) is 34.5. The monoisotopic (exact) mass is 597 g/mol. The van der Waals surface area contributed by atoms with Gasteiger partial charge in [-0.15, -0.1) is 0 Å². The van der Waals surface area contributed by atoms with Crippen molar-refractivity contribution < 1.29 is 31.9 Å². The molecular weight excluding hydrogens is 549 g/mol. The van der Waals surface area contributed by atoms with Crippen molar-refractivity contribution in [1.82, 2.24) is 14.4 Å². The van der Waals surface area contributed by atoms with Gasteiger partial charge in [0.15, 0.2) is 9.84 Å². The first-order valence-corrected chi connectivity index (χ1v) is 16.4. The van der Waals surface area contributed by atoms with Crippen LogP contribution in [0.4, 0.5) is 9.18 Å². The van der Waals surface area contributed by atoms with Crippen LogP contribution in [0.2, 0.25) is 0 Å². The maximum atomic E-state index is 14.4. The lowest BCUT2D eigenvalue weighted by Gasteiger charge is -2.41. The molecule has 232 valence electrons. The minimum absolute atomic E-state index is 0.0265. The Bertz CT molecular complexity index is 1300. The summed E-state index contributed by atoms with van der Waals surface area (Å²) in [6, 6.07) is 3.34. The molecule has 1 atom stereocenters. The van der Waals surface area contributed by atoms with Gasteiger partial charge in [0.05, 0.1) is 11.6 Å². The van der Waals surface area contributed by atoms with Crippen LogP contribution in [0.25, 0.3) is 10.9 Å². The Morgan fingerprint density at radius 1 is 1.17 bits per heavy atom. The molecule has 1 aliphatic heterocycles. The molecule has 2 amide bonds. The van der Waals surface area contributed by atoms with Crippen molar-refractivity contribution in [3.05, 3.63) is 29.7 Å². The predicted molar refractivity (Wildman–Crippen MR) is 160 cm³/mol. The molecule has 2 heterocycles. The number of unbranched alkanes of at least 4 members (excludes halogenated alkanes) is 1. The topological polar surface area (TPSA) is 98.2 Å². The van der Waals surface area contributed by atoms with E-state index in [1.807, 2.05) is 27.7 Å². The predicted octanol–water partition coefficient (Wildman–Crippen LogP) is 5.89. The average Bonchev–Trinajstić information content (AvgIpc) is 3.20. The number of likely N-dealkylation sites (tertiary alicyclic amines) is 1. The van der Waals surface area contributed by atoms with Crippen molar-refractivity contribution in [2.45, 2.75) is 103 Å². The summed E-state index contributed by atoms with van der Waals surface area (Å²) in [6.07, 6.45) is 3.27. The molecule has 0 bridgehead atoms. The maximum absolute atomic E-state index is 14.4. The number of methoxy groups -OCH3 is 1. The summed E-state index contributed by atoms with van der Waals surface area (Å²) >= 11 is 0. The number of rotatable bonds is 9. The fourth-order valence-electron chi connectivity index (χ4n) is 5.25. The first-order chi connectivity index (χ1) is 19.2. The number of carbonyl (C=O) groups excluding carboxylic acids is 2. The highest BCUT2D eigenvalue weighted by Crippen LogP contribution is 2.34. The first-order valence-electron chi connectivity index (χ1n) is 14.5. The Kier molecular flexibility index (Phi) is 12.2. The highest BCUT2D eigenvalue weighted by atomic mass is 32.2. The van der Waals surface area contributed by atoms with E-state index in [0.717, 1.165) is 6.26 Å². The largest absolute Gasteiger partial charge is 0.444 e. The molecule has 0 radical (unpaired) electrons. The summed E-state index contributed by atoms with van der Waals surface area (Å²) in [5.74, 6) is -1.03. The second-order valence-electron chi connectivity index (χ2n) is 11.5. The van der Waals surface area contributed by atoms with Gasteiger partial charge in [0.2, 0.25) is 0 Å². The molecule has 0 saturated carbocycles. The third-order valence-electron chi connectivity index (χ3n) is 6.77. The van der Waals surface area contributed by atoms with Crippen LogP contribution in [0.3, 0.4) is 0 Å². The number of piperidine rings is 1. The van der Waals surface area contributed by atoms with Gasteiger partial charge in [-0.2, -0.15) is 0 Å². The summed E-state index contributed by atoms with van der Waals surface area (Å²) in [5, 5.41) is 0.190. The molecule has 1 aromatic carbocycles. The van der Waals surface area contributed by atoms with E-state index in [9.17, 15) is 22.4 Å².